The van der Waals surface area contributed by atoms with Gasteiger partial charge in [0.2, 0.25) is 0 Å². The number of nitrogens with one attached hydrogen (secondary N) is 3. The molecule has 0 atom stereocenters. The summed E-state index contributed by atoms with van der Waals surface area (Å²) in [4.78, 5) is 11.2. The molecule has 0 aliphatic carbocycles. The highest BCUT2D eigenvalue weighted by Gasteiger charge is 1.99. The minimum atomic E-state index is -0.323. The van der Waals surface area contributed by atoms with E-state index in [1.54, 1.807) is 7.05 Å². The number of benzene rings is 1. The highest BCUT2D eigenvalue weighted by atomic mass is 35.5. The fraction of sp³-hybridized carbons (Fsp3) is 0.300. The van der Waals surface area contributed by atoms with E-state index in [1.807, 2.05) is 0 Å². The van der Waals surface area contributed by atoms with Crippen molar-refractivity contribution < 1.29 is 9.18 Å². The molecule has 4 nitrogen and oxygen atoms in total. The van der Waals surface area contributed by atoms with E-state index in [0.717, 1.165) is 0 Å². The second-order valence-corrected chi connectivity index (χ2v) is 2.99. The van der Waals surface area contributed by atoms with Crippen molar-refractivity contribution in [2.45, 2.75) is 0 Å². The molecule has 7 heteroatoms. The van der Waals surface area contributed by atoms with Gasteiger partial charge in [0.05, 0.1) is 0 Å². The summed E-state index contributed by atoms with van der Waals surface area (Å²) in [7, 11) is 1.81. The number of likely N-dealkylation sites (N-methyl/N-ethyl adjacent to an activating group) is 1. The first-order valence-electron chi connectivity index (χ1n) is 4.67. The quantitative estimate of drug-likeness (QED) is 0.741. The van der Waals surface area contributed by atoms with Crippen molar-refractivity contribution in [3.05, 3.63) is 30.1 Å². The van der Waals surface area contributed by atoms with Crippen molar-refractivity contribution in [3.63, 3.8) is 0 Å². The van der Waals surface area contributed by atoms with Gasteiger partial charge >= 0.3 is 6.03 Å². The van der Waals surface area contributed by atoms with Gasteiger partial charge in [0.15, 0.2) is 0 Å². The minimum absolute atomic E-state index is 0. The summed E-state index contributed by atoms with van der Waals surface area (Å²) in [5, 5.41) is 8.13. The van der Waals surface area contributed by atoms with Gasteiger partial charge in [0.1, 0.15) is 5.82 Å². The Kier molecular flexibility index (Phi) is 10.9. The fourth-order valence-corrected chi connectivity index (χ4v) is 1.01. The minimum Gasteiger partial charge on any atom is -0.337 e. The second kappa shape index (κ2) is 10.1. The van der Waals surface area contributed by atoms with Gasteiger partial charge in [-0.25, -0.2) is 9.18 Å². The van der Waals surface area contributed by atoms with Gasteiger partial charge in [-0.1, -0.05) is 0 Å². The average Bonchev–Trinajstić information content (AvgIpc) is 2.22. The average molecular weight is 284 g/mol. The molecule has 1 rings (SSSR count). The van der Waals surface area contributed by atoms with Crippen molar-refractivity contribution in [1.29, 1.82) is 0 Å². The van der Waals surface area contributed by atoms with Crippen LogP contribution in [-0.2, 0) is 0 Å². The molecule has 0 aliphatic rings. The normalized spacial score (nSPS) is 8.59. The number of halogens is 3. The zero-order valence-electron chi connectivity index (χ0n) is 9.33. The first-order chi connectivity index (χ1) is 7.22. The van der Waals surface area contributed by atoms with Crippen LogP contribution in [0.25, 0.3) is 0 Å². The van der Waals surface area contributed by atoms with Crippen molar-refractivity contribution >= 4 is 36.5 Å². The molecule has 0 aliphatic heterocycles. The van der Waals surface area contributed by atoms with Crippen molar-refractivity contribution in [1.82, 2.24) is 10.6 Å². The summed E-state index contributed by atoms with van der Waals surface area (Å²) >= 11 is 0. The molecule has 2 amide bonds. The summed E-state index contributed by atoms with van der Waals surface area (Å²) in [6, 6.07) is 5.31. The molecule has 0 saturated carbocycles. The molecule has 0 fully saturated rings. The van der Waals surface area contributed by atoms with Crippen LogP contribution in [0.3, 0.4) is 0 Å². The molecule has 0 saturated heterocycles. The zero-order chi connectivity index (χ0) is 11.1. The summed E-state index contributed by atoms with van der Waals surface area (Å²) in [6.07, 6.45) is 0. The lowest BCUT2D eigenvalue weighted by Gasteiger charge is -2.06. The second-order valence-electron chi connectivity index (χ2n) is 2.99. The Morgan fingerprint density at radius 1 is 1.18 bits per heavy atom. The van der Waals surface area contributed by atoms with Gasteiger partial charge in [-0.3, -0.25) is 0 Å². The molecule has 0 heterocycles. The maximum absolute atomic E-state index is 12.5. The van der Waals surface area contributed by atoms with E-state index in [-0.39, 0.29) is 36.7 Å². The van der Waals surface area contributed by atoms with Crippen LogP contribution in [0.15, 0.2) is 24.3 Å². The molecule has 0 aromatic heterocycles. The molecule has 17 heavy (non-hydrogen) atoms. The summed E-state index contributed by atoms with van der Waals surface area (Å²) in [5.74, 6) is -0.323. The van der Waals surface area contributed by atoms with E-state index in [0.29, 0.717) is 18.8 Å². The number of hydrogen-bond acceptors (Lipinski definition) is 2. The van der Waals surface area contributed by atoms with Gasteiger partial charge in [0, 0.05) is 18.8 Å². The van der Waals surface area contributed by atoms with E-state index in [1.165, 1.54) is 24.3 Å². The fourth-order valence-electron chi connectivity index (χ4n) is 1.01. The van der Waals surface area contributed by atoms with E-state index >= 15 is 0 Å². The highest BCUT2D eigenvalue weighted by Crippen LogP contribution is 2.07. The van der Waals surface area contributed by atoms with Gasteiger partial charge in [0.25, 0.3) is 0 Å². The van der Waals surface area contributed by atoms with Crippen molar-refractivity contribution in [3.8, 4) is 0 Å². The lowest BCUT2D eigenvalue weighted by Crippen LogP contribution is -2.33. The largest absolute Gasteiger partial charge is 0.337 e. The monoisotopic (exact) mass is 283 g/mol. The first-order valence-corrected chi connectivity index (χ1v) is 4.67. The highest BCUT2D eigenvalue weighted by molar-refractivity contribution is 5.89. The predicted octanol–water partition coefficient (Wildman–Crippen LogP) is 2.01. The molecule has 1 aromatic carbocycles. The van der Waals surface area contributed by atoms with Crippen LogP contribution in [0.1, 0.15) is 0 Å². The maximum Gasteiger partial charge on any atom is 0.319 e. The zero-order valence-corrected chi connectivity index (χ0v) is 11.0. The lowest BCUT2D eigenvalue weighted by atomic mass is 10.3. The van der Waals surface area contributed by atoms with Crippen molar-refractivity contribution in [2.24, 2.45) is 0 Å². The first kappa shape index (κ1) is 18.3. The summed E-state index contributed by atoms with van der Waals surface area (Å²) in [5.41, 5.74) is 0.568. The number of anilines is 1. The molecular formula is C10H16Cl2FN3O. The van der Waals surface area contributed by atoms with Crippen LogP contribution >= 0.6 is 24.8 Å². The Morgan fingerprint density at radius 3 is 2.29 bits per heavy atom. The number of amides is 2. The molecule has 3 N–H and O–H groups in total. The smallest absolute Gasteiger partial charge is 0.319 e. The topological polar surface area (TPSA) is 53.2 Å². The van der Waals surface area contributed by atoms with Gasteiger partial charge in [-0.05, 0) is 31.3 Å². The van der Waals surface area contributed by atoms with Crippen LogP contribution in [0, 0.1) is 5.82 Å². The van der Waals surface area contributed by atoms with Gasteiger partial charge < -0.3 is 16.0 Å². The number of urea groups is 1. The summed E-state index contributed by atoms with van der Waals surface area (Å²) < 4.78 is 12.5. The molecule has 98 valence electrons. The molecule has 0 spiro atoms. The van der Waals surface area contributed by atoms with E-state index in [4.69, 9.17) is 0 Å². The predicted molar refractivity (Wildman–Crippen MR) is 71.8 cm³/mol. The van der Waals surface area contributed by atoms with Crippen molar-refractivity contribution in [2.75, 3.05) is 25.5 Å². The molecular weight excluding hydrogens is 268 g/mol. The van der Waals surface area contributed by atoms with E-state index in [9.17, 15) is 9.18 Å². The Bertz CT molecular complexity index is 322. The number of hydrogen-bond donors (Lipinski definition) is 3. The Hall–Kier alpha value is -1.04. The Morgan fingerprint density at radius 2 is 1.76 bits per heavy atom. The third-order valence-corrected chi connectivity index (χ3v) is 1.76. The lowest BCUT2D eigenvalue weighted by molar-refractivity contribution is 0.252. The van der Waals surface area contributed by atoms with Gasteiger partial charge in [-0.2, -0.15) is 0 Å². The molecule has 0 unspecified atom stereocenters. The van der Waals surface area contributed by atoms with Gasteiger partial charge in [-0.15, -0.1) is 24.8 Å². The Balaban J connectivity index is 0. The number of carbonyl (C=O) groups is 1. The molecule has 0 bridgehead atoms. The number of rotatable bonds is 4. The maximum atomic E-state index is 12.5. The van der Waals surface area contributed by atoms with Crippen LogP contribution in [-0.4, -0.2) is 26.2 Å². The third-order valence-electron chi connectivity index (χ3n) is 1.76. The molecule has 0 radical (unpaired) electrons. The van der Waals surface area contributed by atoms with E-state index < -0.39 is 0 Å². The van der Waals surface area contributed by atoms with Crippen LogP contribution < -0.4 is 16.0 Å². The van der Waals surface area contributed by atoms with Crippen LogP contribution in [0.4, 0.5) is 14.9 Å². The number of carbonyl (C=O) groups excluding carboxylic acids is 1. The SMILES string of the molecule is CNCCNC(=O)Nc1ccc(F)cc1.Cl.Cl. The summed E-state index contributed by atoms with van der Waals surface area (Å²) in [6.45, 7) is 1.25. The van der Waals surface area contributed by atoms with Crippen LogP contribution in [0.5, 0.6) is 0 Å². The van der Waals surface area contributed by atoms with Crippen LogP contribution in [0.2, 0.25) is 0 Å². The van der Waals surface area contributed by atoms with E-state index in [2.05, 4.69) is 16.0 Å². The standard InChI is InChI=1S/C10H14FN3O.2ClH/c1-12-6-7-13-10(15)14-9-4-2-8(11)3-5-9;;/h2-5,12H,6-7H2,1H3,(H2,13,14,15);2*1H. The third kappa shape index (κ3) is 7.79. The molecule has 1 aromatic rings. The Labute approximate surface area is 112 Å².